The standard InChI is InChI=1S/C18H15BrClNO5/c1-10-3-4-11(17(23)25-2)7-15(10)21-16(22)9-26-18(24)13-8-12(19)5-6-14(13)20/h3-8H,9H2,1-2H3,(H,21,22). The molecule has 136 valence electrons. The zero-order valence-electron chi connectivity index (χ0n) is 14.0. The van der Waals surface area contributed by atoms with Gasteiger partial charge in [-0.2, -0.15) is 0 Å². The lowest BCUT2D eigenvalue weighted by Gasteiger charge is -2.11. The number of carbonyl (C=O) groups excluding carboxylic acids is 3. The highest BCUT2D eigenvalue weighted by molar-refractivity contribution is 9.10. The number of esters is 2. The Hall–Kier alpha value is -2.38. The number of halogens is 2. The topological polar surface area (TPSA) is 81.7 Å². The molecule has 2 rings (SSSR count). The molecular formula is C18H15BrClNO5. The van der Waals surface area contributed by atoms with Crippen LogP contribution in [0, 0.1) is 6.92 Å². The second-order valence-electron chi connectivity index (χ2n) is 5.27. The molecule has 0 bridgehead atoms. The highest BCUT2D eigenvalue weighted by atomic mass is 79.9. The van der Waals surface area contributed by atoms with Crippen molar-refractivity contribution in [1.29, 1.82) is 0 Å². The van der Waals surface area contributed by atoms with Crippen LogP contribution in [0.3, 0.4) is 0 Å². The third kappa shape index (κ3) is 5.06. The maximum atomic E-state index is 12.1. The summed E-state index contributed by atoms with van der Waals surface area (Å²) in [6, 6.07) is 9.49. The number of amides is 1. The second kappa shape index (κ2) is 8.82. The molecule has 0 aliphatic rings. The molecule has 0 atom stereocenters. The number of aryl methyl sites for hydroxylation is 1. The molecule has 1 N–H and O–H groups in total. The Bertz CT molecular complexity index is 869. The first kappa shape index (κ1) is 19.9. The van der Waals surface area contributed by atoms with Gasteiger partial charge in [0.25, 0.3) is 5.91 Å². The molecule has 0 heterocycles. The summed E-state index contributed by atoms with van der Waals surface area (Å²) in [5, 5.41) is 2.82. The lowest BCUT2D eigenvalue weighted by atomic mass is 10.1. The van der Waals surface area contributed by atoms with E-state index in [-0.39, 0.29) is 10.6 Å². The number of nitrogens with one attached hydrogen (secondary N) is 1. The van der Waals surface area contributed by atoms with E-state index in [2.05, 4.69) is 26.0 Å². The zero-order chi connectivity index (χ0) is 19.3. The minimum absolute atomic E-state index is 0.151. The fourth-order valence-corrected chi connectivity index (χ4v) is 2.61. The van der Waals surface area contributed by atoms with Gasteiger partial charge in [-0.15, -0.1) is 0 Å². The van der Waals surface area contributed by atoms with Crippen LogP contribution >= 0.6 is 27.5 Å². The first-order valence-electron chi connectivity index (χ1n) is 7.43. The van der Waals surface area contributed by atoms with Gasteiger partial charge >= 0.3 is 11.9 Å². The maximum Gasteiger partial charge on any atom is 0.340 e. The van der Waals surface area contributed by atoms with Gasteiger partial charge in [0.2, 0.25) is 0 Å². The molecule has 0 spiro atoms. The number of anilines is 1. The van der Waals surface area contributed by atoms with Crippen LogP contribution in [0.4, 0.5) is 5.69 Å². The van der Waals surface area contributed by atoms with E-state index in [1.54, 1.807) is 31.2 Å². The summed E-state index contributed by atoms with van der Waals surface area (Å²) in [4.78, 5) is 35.7. The molecule has 6 nitrogen and oxygen atoms in total. The highest BCUT2D eigenvalue weighted by Gasteiger charge is 2.15. The van der Waals surface area contributed by atoms with Crippen LogP contribution in [0.5, 0.6) is 0 Å². The molecule has 2 aromatic rings. The molecule has 0 aromatic heterocycles. The van der Waals surface area contributed by atoms with Crippen molar-refractivity contribution in [1.82, 2.24) is 0 Å². The van der Waals surface area contributed by atoms with Crippen molar-refractivity contribution in [2.75, 3.05) is 19.0 Å². The van der Waals surface area contributed by atoms with E-state index in [0.717, 1.165) is 5.56 Å². The van der Waals surface area contributed by atoms with Crippen molar-refractivity contribution in [3.63, 3.8) is 0 Å². The highest BCUT2D eigenvalue weighted by Crippen LogP contribution is 2.22. The average Bonchev–Trinajstić information content (AvgIpc) is 2.62. The Kier molecular flexibility index (Phi) is 6.76. The Morgan fingerprint density at radius 2 is 1.85 bits per heavy atom. The monoisotopic (exact) mass is 439 g/mol. The first-order chi connectivity index (χ1) is 12.3. The van der Waals surface area contributed by atoms with Crippen molar-refractivity contribution in [2.24, 2.45) is 0 Å². The molecule has 0 saturated heterocycles. The van der Waals surface area contributed by atoms with Gasteiger partial charge in [-0.1, -0.05) is 33.6 Å². The third-order valence-electron chi connectivity index (χ3n) is 3.42. The van der Waals surface area contributed by atoms with E-state index in [4.69, 9.17) is 16.3 Å². The molecule has 2 aromatic carbocycles. The van der Waals surface area contributed by atoms with Crippen molar-refractivity contribution in [3.8, 4) is 0 Å². The number of carbonyl (C=O) groups is 3. The van der Waals surface area contributed by atoms with Gasteiger partial charge in [0, 0.05) is 10.2 Å². The van der Waals surface area contributed by atoms with E-state index in [1.807, 2.05) is 0 Å². The van der Waals surface area contributed by atoms with Gasteiger partial charge in [-0.05, 0) is 42.8 Å². The van der Waals surface area contributed by atoms with Crippen LogP contribution in [-0.4, -0.2) is 31.6 Å². The Labute approximate surface area is 163 Å². The van der Waals surface area contributed by atoms with Crippen LogP contribution in [0.25, 0.3) is 0 Å². The summed E-state index contributed by atoms with van der Waals surface area (Å²) in [5.41, 5.74) is 1.62. The predicted octanol–water partition coefficient (Wildman–Crippen LogP) is 3.99. The van der Waals surface area contributed by atoms with Gasteiger partial charge in [-0.3, -0.25) is 4.79 Å². The molecule has 8 heteroatoms. The van der Waals surface area contributed by atoms with E-state index in [0.29, 0.717) is 15.7 Å². The van der Waals surface area contributed by atoms with Crippen molar-refractivity contribution in [3.05, 3.63) is 62.6 Å². The number of ether oxygens (including phenoxy) is 2. The van der Waals surface area contributed by atoms with Crippen LogP contribution in [0.15, 0.2) is 40.9 Å². The van der Waals surface area contributed by atoms with Gasteiger partial charge in [0.05, 0.1) is 23.3 Å². The number of rotatable bonds is 5. The van der Waals surface area contributed by atoms with Gasteiger partial charge < -0.3 is 14.8 Å². The Balaban J connectivity index is 2.02. The van der Waals surface area contributed by atoms with Crippen LogP contribution in [-0.2, 0) is 14.3 Å². The number of hydrogen-bond acceptors (Lipinski definition) is 5. The zero-order valence-corrected chi connectivity index (χ0v) is 16.3. The Morgan fingerprint density at radius 1 is 1.12 bits per heavy atom. The summed E-state index contributed by atoms with van der Waals surface area (Å²) in [7, 11) is 1.27. The van der Waals surface area contributed by atoms with Crippen molar-refractivity contribution in [2.45, 2.75) is 6.92 Å². The quantitative estimate of drug-likeness (QED) is 0.711. The molecular weight excluding hydrogens is 426 g/mol. The molecule has 0 aliphatic heterocycles. The van der Waals surface area contributed by atoms with Crippen molar-refractivity contribution >= 4 is 51.1 Å². The molecule has 1 amide bonds. The molecule has 26 heavy (non-hydrogen) atoms. The summed E-state index contributed by atoms with van der Waals surface area (Å²) in [6.45, 7) is 1.27. The predicted molar refractivity (Wildman–Crippen MR) is 101 cm³/mol. The maximum absolute atomic E-state index is 12.1. The fraction of sp³-hybridized carbons (Fsp3) is 0.167. The van der Waals surface area contributed by atoms with Crippen LogP contribution in [0.1, 0.15) is 26.3 Å². The fourth-order valence-electron chi connectivity index (χ4n) is 2.05. The lowest BCUT2D eigenvalue weighted by molar-refractivity contribution is -0.119. The molecule has 0 unspecified atom stereocenters. The minimum atomic E-state index is -0.716. The van der Waals surface area contributed by atoms with E-state index in [9.17, 15) is 14.4 Å². The van der Waals surface area contributed by atoms with E-state index < -0.39 is 24.5 Å². The summed E-state index contributed by atoms with van der Waals surface area (Å²) in [6.07, 6.45) is 0. The normalized spacial score (nSPS) is 10.2. The lowest BCUT2D eigenvalue weighted by Crippen LogP contribution is -2.21. The van der Waals surface area contributed by atoms with Gasteiger partial charge in [0.1, 0.15) is 0 Å². The van der Waals surface area contributed by atoms with E-state index >= 15 is 0 Å². The number of benzene rings is 2. The SMILES string of the molecule is COC(=O)c1ccc(C)c(NC(=O)COC(=O)c2cc(Br)ccc2Cl)c1. The summed E-state index contributed by atoms with van der Waals surface area (Å²) < 4.78 is 10.3. The Morgan fingerprint density at radius 3 is 2.54 bits per heavy atom. The average molecular weight is 441 g/mol. The third-order valence-corrected chi connectivity index (χ3v) is 4.24. The summed E-state index contributed by atoms with van der Waals surface area (Å²) >= 11 is 9.19. The van der Waals surface area contributed by atoms with Crippen molar-refractivity contribution < 1.29 is 23.9 Å². The largest absolute Gasteiger partial charge is 0.465 e. The van der Waals surface area contributed by atoms with Crippen LogP contribution in [0.2, 0.25) is 5.02 Å². The number of methoxy groups -OCH3 is 1. The minimum Gasteiger partial charge on any atom is -0.465 e. The molecule has 0 fully saturated rings. The molecule has 0 saturated carbocycles. The molecule has 0 aliphatic carbocycles. The summed E-state index contributed by atoms with van der Waals surface area (Å²) in [5.74, 6) is -1.78. The van der Waals surface area contributed by atoms with Crippen LogP contribution < -0.4 is 5.32 Å². The van der Waals surface area contributed by atoms with Gasteiger partial charge in [-0.25, -0.2) is 9.59 Å². The molecule has 0 radical (unpaired) electrons. The first-order valence-corrected chi connectivity index (χ1v) is 8.60. The second-order valence-corrected chi connectivity index (χ2v) is 6.59. The number of hydrogen-bond donors (Lipinski definition) is 1. The van der Waals surface area contributed by atoms with E-state index in [1.165, 1.54) is 19.2 Å². The van der Waals surface area contributed by atoms with Gasteiger partial charge in [0.15, 0.2) is 6.61 Å². The smallest absolute Gasteiger partial charge is 0.340 e.